The van der Waals surface area contributed by atoms with Crippen molar-refractivity contribution in [3.05, 3.63) is 42.1 Å². The predicted octanol–water partition coefficient (Wildman–Crippen LogP) is 2.93. The number of pyridine rings is 1. The molecule has 0 spiro atoms. The number of fused-ring (bicyclic) bond motifs is 1. The van der Waals surface area contributed by atoms with E-state index in [4.69, 9.17) is 11.6 Å². The van der Waals surface area contributed by atoms with E-state index in [9.17, 15) is 4.79 Å². The SMILES string of the molecule is CC(CCl)N(C)C(=O)c1cccc2ncccc12. The van der Waals surface area contributed by atoms with Gasteiger partial charge in [0.1, 0.15) is 0 Å². The summed E-state index contributed by atoms with van der Waals surface area (Å²) in [7, 11) is 1.77. The lowest BCUT2D eigenvalue weighted by atomic mass is 10.1. The third-order valence-corrected chi connectivity index (χ3v) is 3.53. The molecular formula is C14H15ClN2O. The van der Waals surface area contributed by atoms with E-state index in [2.05, 4.69) is 4.98 Å². The second kappa shape index (κ2) is 5.36. The van der Waals surface area contributed by atoms with E-state index in [1.807, 2.05) is 37.3 Å². The van der Waals surface area contributed by atoms with Crippen LogP contribution in [0.3, 0.4) is 0 Å². The molecule has 1 amide bonds. The number of benzene rings is 1. The van der Waals surface area contributed by atoms with Crippen molar-refractivity contribution in [3.8, 4) is 0 Å². The molecule has 0 aliphatic carbocycles. The maximum atomic E-state index is 12.4. The molecule has 0 N–H and O–H groups in total. The molecule has 0 aliphatic rings. The summed E-state index contributed by atoms with van der Waals surface area (Å²) in [5, 5.41) is 0.874. The fraction of sp³-hybridized carbons (Fsp3) is 0.286. The smallest absolute Gasteiger partial charge is 0.254 e. The summed E-state index contributed by atoms with van der Waals surface area (Å²) in [4.78, 5) is 18.3. The van der Waals surface area contributed by atoms with Gasteiger partial charge in [-0.3, -0.25) is 9.78 Å². The molecule has 4 heteroatoms. The third kappa shape index (κ3) is 2.31. The highest BCUT2D eigenvalue weighted by molar-refractivity contribution is 6.18. The monoisotopic (exact) mass is 262 g/mol. The Morgan fingerprint density at radius 1 is 1.39 bits per heavy atom. The number of nitrogens with zero attached hydrogens (tertiary/aromatic N) is 2. The normalized spacial score (nSPS) is 12.4. The molecule has 1 aromatic carbocycles. The van der Waals surface area contributed by atoms with Gasteiger partial charge in [0.2, 0.25) is 0 Å². The van der Waals surface area contributed by atoms with Gasteiger partial charge in [-0.1, -0.05) is 12.1 Å². The van der Waals surface area contributed by atoms with Crippen molar-refractivity contribution in [2.75, 3.05) is 12.9 Å². The summed E-state index contributed by atoms with van der Waals surface area (Å²) in [5.74, 6) is 0.396. The van der Waals surface area contributed by atoms with E-state index in [1.54, 1.807) is 18.1 Å². The van der Waals surface area contributed by atoms with E-state index >= 15 is 0 Å². The Morgan fingerprint density at radius 2 is 2.17 bits per heavy atom. The zero-order valence-electron chi connectivity index (χ0n) is 10.4. The number of alkyl halides is 1. The molecule has 0 saturated carbocycles. The summed E-state index contributed by atoms with van der Waals surface area (Å²) in [6, 6.07) is 9.33. The quantitative estimate of drug-likeness (QED) is 0.797. The summed E-state index contributed by atoms with van der Waals surface area (Å²) >= 11 is 5.79. The van der Waals surface area contributed by atoms with Crippen LogP contribution in [0.1, 0.15) is 17.3 Å². The van der Waals surface area contributed by atoms with Crippen LogP contribution < -0.4 is 0 Å². The van der Waals surface area contributed by atoms with Gasteiger partial charge in [-0.15, -0.1) is 11.6 Å². The Hall–Kier alpha value is -1.61. The first kappa shape index (κ1) is 12.8. The zero-order valence-corrected chi connectivity index (χ0v) is 11.2. The minimum Gasteiger partial charge on any atom is -0.338 e. The van der Waals surface area contributed by atoms with Crippen molar-refractivity contribution < 1.29 is 4.79 Å². The van der Waals surface area contributed by atoms with Crippen LogP contribution in [0.5, 0.6) is 0 Å². The van der Waals surface area contributed by atoms with Gasteiger partial charge >= 0.3 is 0 Å². The first-order valence-corrected chi connectivity index (χ1v) is 6.35. The summed E-state index contributed by atoms with van der Waals surface area (Å²) in [6.45, 7) is 1.92. The van der Waals surface area contributed by atoms with Crippen LogP contribution in [-0.2, 0) is 0 Å². The maximum Gasteiger partial charge on any atom is 0.254 e. The Bertz CT molecular complexity index is 565. The molecule has 1 unspecified atom stereocenters. The van der Waals surface area contributed by atoms with Crippen LogP contribution in [0.2, 0.25) is 0 Å². The number of hydrogen-bond donors (Lipinski definition) is 0. The van der Waals surface area contributed by atoms with Gasteiger partial charge in [0, 0.05) is 36.1 Å². The standard InChI is InChI=1S/C14H15ClN2O/c1-10(9-15)17(2)14(18)12-5-3-7-13-11(12)6-4-8-16-13/h3-8,10H,9H2,1-2H3. The topological polar surface area (TPSA) is 33.2 Å². The van der Waals surface area contributed by atoms with E-state index in [-0.39, 0.29) is 11.9 Å². The van der Waals surface area contributed by atoms with Gasteiger partial charge < -0.3 is 4.90 Å². The molecule has 1 atom stereocenters. The van der Waals surface area contributed by atoms with Crippen molar-refractivity contribution in [2.24, 2.45) is 0 Å². The first-order valence-electron chi connectivity index (χ1n) is 5.82. The second-order valence-corrected chi connectivity index (χ2v) is 4.60. The fourth-order valence-electron chi connectivity index (χ4n) is 1.78. The van der Waals surface area contributed by atoms with E-state index in [0.717, 1.165) is 10.9 Å². The van der Waals surface area contributed by atoms with Crippen molar-refractivity contribution in [3.63, 3.8) is 0 Å². The van der Waals surface area contributed by atoms with E-state index in [0.29, 0.717) is 11.4 Å². The van der Waals surface area contributed by atoms with E-state index < -0.39 is 0 Å². The van der Waals surface area contributed by atoms with Crippen LogP contribution in [0.15, 0.2) is 36.5 Å². The Morgan fingerprint density at radius 3 is 2.89 bits per heavy atom. The number of halogens is 1. The first-order chi connectivity index (χ1) is 8.65. The summed E-state index contributed by atoms with van der Waals surface area (Å²) in [5.41, 5.74) is 1.50. The van der Waals surface area contributed by atoms with Gasteiger partial charge in [0.25, 0.3) is 5.91 Å². The Labute approximate surface area is 111 Å². The molecule has 0 fully saturated rings. The molecule has 2 aromatic rings. The molecule has 3 nitrogen and oxygen atoms in total. The molecule has 0 saturated heterocycles. The molecule has 0 bridgehead atoms. The van der Waals surface area contributed by atoms with Crippen LogP contribution >= 0.6 is 11.6 Å². The lowest BCUT2D eigenvalue weighted by Gasteiger charge is -2.23. The van der Waals surface area contributed by atoms with Gasteiger partial charge in [-0.25, -0.2) is 0 Å². The molecule has 94 valence electrons. The Balaban J connectivity index is 2.45. The highest BCUT2D eigenvalue weighted by Gasteiger charge is 2.18. The summed E-state index contributed by atoms with van der Waals surface area (Å²) < 4.78 is 0. The van der Waals surface area contributed by atoms with Crippen LogP contribution in [0, 0.1) is 0 Å². The van der Waals surface area contributed by atoms with Crippen molar-refractivity contribution in [2.45, 2.75) is 13.0 Å². The number of amides is 1. The molecule has 0 aliphatic heterocycles. The number of carbonyl (C=O) groups is 1. The van der Waals surface area contributed by atoms with Gasteiger partial charge in [-0.05, 0) is 25.1 Å². The fourth-order valence-corrected chi connectivity index (χ4v) is 1.99. The lowest BCUT2D eigenvalue weighted by molar-refractivity contribution is 0.0758. The highest BCUT2D eigenvalue weighted by Crippen LogP contribution is 2.18. The Kier molecular flexibility index (Phi) is 3.82. The molecule has 1 aromatic heterocycles. The van der Waals surface area contributed by atoms with Crippen molar-refractivity contribution >= 4 is 28.4 Å². The van der Waals surface area contributed by atoms with Crippen molar-refractivity contribution in [1.82, 2.24) is 9.88 Å². The zero-order chi connectivity index (χ0) is 13.1. The number of rotatable bonds is 3. The molecular weight excluding hydrogens is 248 g/mol. The predicted molar refractivity (Wildman–Crippen MR) is 74.0 cm³/mol. The molecule has 18 heavy (non-hydrogen) atoms. The summed E-state index contributed by atoms with van der Waals surface area (Å²) in [6.07, 6.45) is 1.72. The highest BCUT2D eigenvalue weighted by atomic mass is 35.5. The largest absolute Gasteiger partial charge is 0.338 e. The minimum absolute atomic E-state index is 0.00564. The van der Waals surface area contributed by atoms with Gasteiger partial charge in [0.05, 0.1) is 5.52 Å². The van der Waals surface area contributed by atoms with Crippen LogP contribution in [-0.4, -0.2) is 34.8 Å². The van der Waals surface area contributed by atoms with Gasteiger partial charge in [0.15, 0.2) is 0 Å². The third-order valence-electron chi connectivity index (χ3n) is 3.08. The lowest BCUT2D eigenvalue weighted by Crippen LogP contribution is -2.36. The van der Waals surface area contributed by atoms with Gasteiger partial charge in [-0.2, -0.15) is 0 Å². The van der Waals surface area contributed by atoms with Crippen LogP contribution in [0.25, 0.3) is 10.9 Å². The average molecular weight is 263 g/mol. The van der Waals surface area contributed by atoms with Crippen molar-refractivity contribution in [1.29, 1.82) is 0 Å². The molecule has 0 radical (unpaired) electrons. The van der Waals surface area contributed by atoms with Crippen LogP contribution in [0.4, 0.5) is 0 Å². The second-order valence-electron chi connectivity index (χ2n) is 4.30. The number of carbonyl (C=O) groups excluding carboxylic acids is 1. The number of aromatic nitrogens is 1. The minimum atomic E-state index is -0.0262. The van der Waals surface area contributed by atoms with E-state index in [1.165, 1.54) is 0 Å². The number of hydrogen-bond acceptors (Lipinski definition) is 2. The molecule has 2 rings (SSSR count). The molecule has 1 heterocycles. The average Bonchev–Trinajstić information content (AvgIpc) is 2.44. The maximum absolute atomic E-state index is 12.4.